The van der Waals surface area contributed by atoms with Crippen molar-refractivity contribution >= 4 is 11.7 Å². The molecule has 1 unspecified atom stereocenters. The molecule has 154 valence electrons. The van der Waals surface area contributed by atoms with Gasteiger partial charge in [0, 0.05) is 31.4 Å². The van der Waals surface area contributed by atoms with Gasteiger partial charge in [0.2, 0.25) is 0 Å². The molecule has 1 aromatic rings. The van der Waals surface area contributed by atoms with Crippen LogP contribution in [0.2, 0.25) is 0 Å². The van der Waals surface area contributed by atoms with Gasteiger partial charge in [0.25, 0.3) is 0 Å². The highest BCUT2D eigenvalue weighted by molar-refractivity contribution is 5.89. The van der Waals surface area contributed by atoms with E-state index < -0.39 is 0 Å². The van der Waals surface area contributed by atoms with Gasteiger partial charge in [-0.05, 0) is 62.8 Å². The van der Waals surface area contributed by atoms with Gasteiger partial charge in [-0.3, -0.25) is 0 Å². The summed E-state index contributed by atoms with van der Waals surface area (Å²) < 4.78 is 19.5. The molecule has 4 rings (SSSR count). The molecule has 2 amide bonds. The monoisotopic (exact) mass is 389 g/mol. The topological polar surface area (TPSA) is 53.6 Å². The number of nitrogens with one attached hydrogen (secondary N) is 2. The molecule has 0 radical (unpaired) electrons. The maximum Gasteiger partial charge on any atom is 0.319 e. The van der Waals surface area contributed by atoms with Gasteiger partial charge in [-0.15, -0.1) is 0 Å². The predicted octanol–water partition coefficient (Wildman–Crippen LogP) is 4.29. The highest BCUT2D eigenvalue weighted by Crippen LogP contribution is 2.42. The smallest absolute Gasteiger partial charge is 0.319 e. The second-order valence-electron chi connectivity index (χ2n) is 8.70. The Morgan fingerprint density at radius 1 is 1.07 bits per heavy atom. The third-order valence-electron chi connectivity index (χ3n) is 6.59. The van der Waals surface area contributed by atoms with Crippen LogP contribution in [-0.4, -0.2) is 48.3 Å². The van der Waals surface area contributed by atoms with Crippen LogP contribution < -0.4 is 10.6 Å². The Kier molecular flexibility index (Phi) is 6.16. The summed E-state index contributed by atoms with van der Waals surface area (Å²) in [5.41, 5.74) is 0.799. The van der Waals surface area contributed by atoms with Crippen molar-refractivity contribution in [1.29, 1.82) is 0 Å². The zero-order chi connectivity index (χ0) is 19.4. The van der Waals surface area contributed by atoms with Gasteiger partial charge in [0.15, 0.2) is 0 Å². The van der Waals surface area contributed by atoms with Crippen molar-refractivity contribution in [1.82, 2.24) is 10.2 Å². The van der Waals surface area contributed by atoms with Crippen LogP contribution in [0.4, 0.5) is 14.9 Å². The van der Waals surface area contributed by atoms with Gasteiger partial charge in [-0.2, -0.15) is 0 Å². The van der Waals surface area contributed by atoms with Crippen LogP contribution in [0.15, 0.2) is 24.3 Å². The zero-order valence-corrected chi connectivity index (χ0v) is 16.6. The van der Waals surface area contributed by atoms with E-state index in [4.69, 9.17) is 4.74 Å². The Balaban J connectivity index is 1.16. The molecule has 1 aromatic carbocycles. The largest absolute Gasteiger partial charge is 0.370 e. The van der Waals surface area contributed by atoms with E-state index >= 15 is 0 Å². The quantitative estimate of drug-likeness (QED) is 0.808. The summed E-state index contributed by atoms with van der Waals surface area (Å²) in [5.74, 6) is -0.307. The van der Waals surface area contributed by atoms with E-state index in [0.29, 0.717) is 11.8 Å². The van der Waals surface area contributed by atoms with Gasteiger partial charge in [-0.1, -0.05) is 19.3 Å². The molecule has 1 spiro atoms. The Morgan fingerprint density at radius 2 is 1.79 bits per heavy atom. The summed E-state index contributed by atoms with van der Waals surface area (Å²) >= 11 is 0. The van der Waals surface area contributed by atoms with Crippen LogP contribution >= 0.6 is 0 Å². The summed E-state index contributed by atoms with van der Waals surface area (Å²) in [5, 5.41) is 5.81. The molecule has 2 heterocycles. The Hall–Kier alpha value is -1.66. The van der Waals surface area contributed by atoms with Crippen LogP contribution in [0.25, 0.3) is 0 Å². The maximum atomic E-state index is 12.9. The number of benzene rings is 1. The number of nitrogens with zero attached hydrogens (tertiary/aromatic N) is 1. The van der Waals surface area contributed by atoms with E-state index in [2.05, 4.69) is 15.5 Å². The molecule has 0 aromatic heterocycles. The lowest BCUT2D eigenvalue weighted by Crippen LogP contribution is -2.47. The van der Waals surface area contributed by atoms with E-state index in [0.717, 1.165) is 32.5 Å². The minimum atomic E-state index is -0.307. The van der Waals surface area contributed by atoms with Crippen LogP contribution in [-0.2, 0) is 4.74 Å². The first-order valence-electron chi connectivity index (χ1n) is 10.8. The molecule has 2 N–H and O–H groups in total. The minimum Gasteiger partial charge on any atom is -0.370 e. The number of amides is 2. The lowest BCUT2D eigenvalue weighted by Gasteiger charge is -2.36. The number of rotatable bonds is 4. The molecule has 1 aliphatic carbocycles. The second kappa shape index (κ2) is 8.78. The summed E-state index contributed by atoms with van der Waals surface area (Å²) in [6, 6.07) is 5.79. The maximum absolute atomic E-state index is 12.9. The summed E-state index contributed by atoms with van der Waals surface area (Å²) in [4.78, 5) is 14.6. The van der Waals surface area contributed by atoms with E-state index in [9.17, 15) is 9.18 Å². The SMILES string of the molecule is O=C(Nc1ccc(F)cc1)NC1CCN(CC2CCC3(CCCCC3)O2)CC1. The number of likely N-dealkylation sites (tertiary alicyclic amines) is 1. The second-order valence-corrected chi connectivity index (χ2v) is 8.70. The number of ether oxygens (including phenoxy) is 1. The molecule has 3 fully saturated rings. The normalized spacial score (nSPS) is 25.7. The first kappa shape index (κ1) is 19.6. The molecule has 1 atom stereocenters. The van der Waals surface area contributed by atoms with Crippen molar-refractivity contribution in [3.63, 3.8) is 0 Å². The first-order chi connectivity index (χ1) is 13.6. The fourth-order valence-electron chi connectivity index (χ4n) is 5.02. The van der Waals surface area contributed by atoms with Crippen molar-refractivity contribution in [2.24, 2.45) is 0 Å². The van der Waals surface area contributed by atoms with Gasteiger partial charge in [-0.25, -0.2) is 9.18 Å². The predicted molar refractivity (Wildman–Crippen MR) is 108 cm³/mol. The number of anilines is 1. The lowest BCUT2D eigenvalue weighted by molar-refractivity contribution is -0.0731. The lowest BCUT2D eigenvalue weighted by atomic mass is 9.83. The first-order valence-corrected chi connectivity index (χ1v) is 10.8. The van der Waals surface area contributed by atoms with Crippen molar-refractivity contribution < 1.29 is 13.9 Å². The Morgan fingerprint density at radius 3 is 2.50 bits per heavy atom. The molecule has 5 nitrogen and oxygen atoms in total. The molecular formula is C22H32FN3O2. The molecule has 2 saturated heterocycles. The summed E-state index contributed by atoms with van der Waals surface area (Å²) in [7, 11) is 0. The molecule has 1 saturated carbocycles. The highest BCUT2D eigenvalue weighted by Gasteiger charge is 2.41. The van der Waals surface area contributed by atoms with Crippen molar-refractivity contribution in [3.05, 3.63) is 30.1 Å². The van der Waals surface area contributed by atoms with E-state index in [1.165, 1.54) is 57.1 Å². The summed E-state index contributed by atoms with van der Waals surface area (Å²) in [6.45, 7) is 3.01. The number of carbonyl (C=O) groups excluding carboxylic acids is 1. The Bertz CT molecular complexity index is 652. The molecule has 2 aliphatic heterocycles. The number of hydrogen-bond donors (Lipinski definition) is 2. The third-order valence-corrected chi connectivity index (χ3v) is 6.59. The average Bonchev–Trinajstić information content (AvgIpc) is 3.07. The van der Waals surface area contributed by atoms with Crippen LogP contribution in [0.3, 0.4) is 0 Å². The van der Waals surface area contributed by atoms with Crippen molar-refractivity contribution in [2.75, 3.05) is 25.0 Å². The standard InChI is InChI=1S/C22H32FN3O2/c23-17-4-6-18(7-5-17)24-21(27)25-19-9-14-26(15-10-19)16-20-8-13-22(28-20)11-2-1-3-12-22/h4-7,19-20H,1-3,8-16H2,(H2,24,25,27). The van der Waals surface area contributed by atoms with E-state index in [1.807, 2.05) is 0 Å². The zero-order valence-electron chi connectivity index (χ0n) is 16.6. The molecular weight excluding hydrogens is 357 g/mol. The summed E-state index contributed by atoms with van der Waals surface area (Å²) in [6.07, 6.45) is 11.2. The molecule has 3 aliphatic rings. The third kappa shape index (κ3) is 5.03. The molecule has 28 heavy (non-hydrogen) atoms. The molecule has 6 heteroatoms. The van der Waals surface area contributed by atoms with Crippen LogP contribution in [0.1, 0.15) is 57.8 Å². The average molecular weight is 390 g/mol. The Labute approximate surface area is 167 Å². The van der Waals surface area contributed by atoms with Crippen LogP contribution in [0.5, 0.6) is 0 Å². The van der Waals surface area contributed by atoms with Gasteiger partial charge >= 0.3 is 6.03 Å². The van der Waals surface area contributed by atoms with E-state index in [1.54, 1.807) is 12.1 Å². The van der Waals surface area contributed by atoms with Crippen molar-refractivity contribution in [2.45, 2.75) is 75.5 Å². The fraction of sp³-hybridized carbons (Fsp3) is 0.682. The number of urea groups is 1. The van der Waals surface area contributed by atoms with Gasteiger partial charge in [0.1, 0.15) is 5.82 Å². The van der Waals surface area contributed by atoms with E-state index in [-0.39, 0.29) is 23.5 Å². The number of piperidine rings is 1. The number of hydrogen-bond acceptors (Lipinski definition) is 3. The van der Waals surface area contributed by atoms with Gasteiger partial charge < -0.3 is 20.3 Å². The minimum absolute atomic E-state index is 0.186. The van der Waals surface area contributed by atoms with Crippen LogP contribution in [0, 0.1) is 5.82 Å². The highest BCUT2D eigenvalue weighted by atomic mass is 19.1. The fourth-order valence-corrected chi connectivity index (χ4v) is 5.02. The molecule has 0 bridgehead atoms. The van der Waals surface area contributed by atoms with Crippen molar-refractivity contribution in [3.8, 4) is 0 Å². The number of carbonyl (C=O) groups is 1. The van der Waals surface area contributed by atoms with Gasteiger partial charge in [0.05, 0.1) is 11.7 Å². The number of halogens is 1.